The van der Waals surface area contributed by atoms with Crippen LogP contribution in [0.4, 0.5) is 0 Å². The molecule has 1 aliphatic rings. The van der Waals surface area contributed by atoms with Gasteiger partial charge >= 0.3 is 5.97 Å². The lowest BCUT2D eigenvalue weighted by atomic mass is 10.2. The molecule has 7 nitrogen and oxygen atoms in total. The van der Waals surface area contributed by atoms with Crippen LogP contribution in [0.2, 0.25) is 5.02 Å². The van der Waals surface area contributed by atoms with E-state index in [4.69, 9.17) is 20.8 Å². The molecule has 0 unspecified atom stereocenters. The molecule has 0 spiro atoms. The second-order valence-corrected chi connectivity index (χ2v) is 8.94. The Morgan fingerprint density at radius 3 is 2.67 bits per heavy atom. The molecule has 3 rings (SSSR count). The minimum Gasteiger partial charge on any atom is -0.449 e. The third-order valence-corrected chi connectivity index (χ3v) is 6.28. The van der Waals surface area contributed by atoms with Crippen LogP contribution in [0, 0.1) is 0 Å². The molecule has 1 N–H and O–H groups in total. The zero-order valence-electron chi connectivity index (χ0n) is 14.5. The Labute approximate surface area is 161 Å². The Bertz CT molecular complexity index is 968. The van der Waals surface area contributed by atoms with E-state index in [0.29, 0.717) is 22.8 Å². The van der Waals surface area contributed by atoms with Crippen LogP contribution in [-0.4, -0.2) is 43.9 Å². The average molecular weight is 412 g/mol. The van der Waals surface area contributed by atoms with E-state index in [1.807, 2.05) is 0 Å². The van der Waals surface area contributed by atoms with Crippen molar-refractivity contribution in [3.63, 3.8) is 0 Å². The van der Waals surface area contributed by atoms with E-state index in [2.05, 4.69) is 5.32 Å². The Kier molecular flexibility index (Phi) is 5.57. The number of hydrogen-bond acceptors (Lipinski definition) is 6. The molecular weight excluding hydrogens is 394 g/mol. The first-order valence-electron chi connectivity index (χ1n) is 8.32. The highest BCUT2D eigenvalue weighted by molar-refractivity contribution is 7.91. The minimum atomic E-state index is -3.11. The number of ether oxygens (including phenoxy) is 1. The molecule has 2 atom stereocenters. The van der Waals surface area contributed by atoms with Gasteiger partial charge in [-0.25, -0.2) is 13.2 Å². The second-order valence-electron chi connectivity index (χ2n) is 6.30. The normalized spacial score (nSPS) is 19.4. The van der Waals surface area contributed by atoms with E-state index < -0.39 is 33.9 Å². The van der Waals surface area contributed by atoms with Crippen LogP contribution < -0.4 is 5.32 Å². The first-order valence-corrected chi connectivity index (χ1v) is 10.5. The van der Waals surface area contributed by atoms with Gasteiger partial charge in [0.15, 0.2) is 15.9 Å². The number of benzene rings is 1. The van der Waals surface area contributed by atoms with Crippen LogP contribution in [0.1, 0.15) is 23.9 Å². The van der Waals surface area contributed by atoms with Crippen molar-refractivity contribution in [3.05, 3.63) is 47.2 Å². The predicted molar refractivity (Wildman–Crippen MR) is 99.2 cm³/mol. The van der Waals surface area contributed by atoms with Gasteiger partial charge in [0.2, 0.25) is 5.76 Å². The number of amides is 1. The lowest BCUT2D eigenvalue weighted by Crippen LogP contribution is -2.42. The third kappa shape index (κ3) is 4.70. The van der Waals surface area contributed by atoms with E-state index in [1.54, 1.807) is 30.3 Å². The average Bonchev–Trinajstić information content (AvgIpc) is 3.22. The standard InChI is InChI=1S/C18H18ClNO6S/c1-11(17(21)20-12-8-9-27(23,24)10-12)25-18(22)16-7-6-15(26-16)13-4-2-3-5-14(13)19/h2-7,11-12H,8-10H2,1H3,(H,20,21)/t11-,12+/m0/s1. The number of nitrogens with one attached hydrogen (secondary N) is 1. The zero-order valence-corrected chi connectivity index (χ0v) is 16.0. The fourth-order valence-corrected chi connectivity index (χ4v) is 4.66. The van der Waals surface area contributed by atoms with Crippen molar-refractivity contribution in [1.82, 2.24) is 5.32 Å². The maximum atomic E-state index is 12.2. The summed E-state index contributed by atoms with van der Waals surface area (Å²) in [6.07, 6.45) is -0.733. The van der Waals surface area contributed by atoms with Gasteiger partial charge < -0.3 is 14.5 Å². The Balaban J connectivity index is 1.60. The van der Waals surface area contributed by atoms with Crippen molar-refractivity contribution >= 4 is 33.3 Å². The van der Waals surface area contributed by atoms with Crippen molar-refractivity contribution < 1.29 is 27.2 Å². The summed E-state index contributed by atoms with van der Waals surface area (Å²) in [5.41, 5.74) is 0.631. The molecule has 0 bridgehead atoms. The lowest BCUT2D eigenvalue weighted by molar-refractivity contribution is -0.129. The highest BCUT2D eigenvalue weighted by Gasteiger charge is 2.31. The lowest BCUT2D eigenvalue weighted by Gasteiger charge is -2.16. The van der Waals surface area contributed by atoms with Gasteiger partial charge in [-0.1, -0.05) is 23.7 Å². The van der Waals surface area contributed by atoms with Crippen LogP contribution in [0.5, 0.6) is 0 Å². The zero-order chi connectivity index (χ0) is 19.6. The van der Waals surface area contributed by atoms with Crippen LogP contribution in [-0.2, 0) is 19.4 Å². The summed E-state index contributed by atoms with van der Waals surface area (Å²) in [4.78, 5) is 24.3. The molecule has 1 fully saturated rings. The first kappa shape index (κ1) is 19.4. The summed E-state index contributed by atoms with van der Waals surface area (Å²) in [5, 5.41) is 3.06. The molecule has 2 heterocycles. The van der Waals surface area contributed by atoms with E-state index >= 15 is 0 Å². The fourth-order valence-electron chi connectivity index (χ4n) is 2.75. The molecule has 0 aliphatic carbocycles. The molecule has 1 aliphatic heterocycles. The molecule has 144 valence electrons. The highest BCUT2D eigenvalue weighted by Crippen LogP contribution is 2.29. The Morgan fingerprint density at radius 1 is 1.26 bits per heavy atom. The summed E-state index contributed by atoms with van der Waals surface area (Å²) in [6.45, 7) is 1.41. The molecule has 1 amide bonds. The SMILES string of the molecule is C[C@H](OC(=O)c1ccc(-c2ccccc2Cl)o1)C(=O)N[C@@H]1CCS(=O)(=O)C1. The smallest absolute Gasteiger partial charge is 0.375 e. The van der Waals surface area contributed by atoms with Gasteiger partial charge in [0.05, 0.1) is 16.5 Å². The molecule has 27 heavy (non-hydrogen) atoms. The van der Waals surface area contributed by atoms with Crippen LogP contribution in [0.3, 0.4) is 0 Å². The number of furan rings is 1. The molecule has 2 aromatic rings. The molecule has 0 saturated carbocycles. The molecule has 1 aromatic heterocycles. The van der Waals surface area contributed by atoms with E-state index in [0.717, 1.165) is 0 Å². The van der Waals surface area contributed by atoms with E-state index in [9.17, 15) is 18.0 Å². The number of carbonyl (C=O) groups excluding carboxylic acids is 2. The van der Waals surface area contributed by atoms with Gasteiger partial charge in [-0.3, -0.25) is 4.79 Å². The van der Waals surface area contributed by atoms with Gasteiger partial charge in [0.25, 0.3) is 5.91 Å². The van der Waals surface area contributed by atoms with Crippen molar-refractivity contribution in [1.29, 1.82) is 0 Å². The largest absolute Gasteiger partial charge is 0.449 e. The third-order valence-electron chi connectivity index (χ3n) is 4.18. The number of halogens is 1. The Morgan fingerprint density at radius 2 is 2.00 bits per heavy atom. The first-order chi connectivity index (χ1) is 12.7. The molecule has 1 saturated heterocycles. The summed E-state index contributed by atoms with van der Waals surface area (Å²) in [5.74, 6) is -1.06. The Hall–Kier alpha value is -2.32. The van der Waals surface area contributed by atoms with Crippen molar-refractivity contribution in [2.45, 2.75) is 25.5 Å². The van der Waals surface area contributed by atoms with Gasteiger partial charge in [0, 0.05) is 11.6 Å². The minimum absolute atomic E-state index is 0.0450. The molecular formula is C18H18ClNO6S. The monoisotopic (exact) mass is 411 g/mol. The summed E-state index contributed by atoms with van der Waals surface area (Å²) in [7, 11) is -3.11. The topological polar surface area (TPSA) is 103 Å². The number of rotatable bonds is 5. The van der Waals surface area contributed by atoms with E-state index in [-0.39, 0.29) is 17.3 Å². The number of hydrogen-bond donors (Lipinski definition) is 1. The summed E-state index contributed by atoms with van der Waals surface area (Å²) in [6, 6.07) is 9.59. The van der Waals surface area contributed by atoms with Gasteiger partial charge in [-0.2, -0.15) is 0 Å². The number of carbonyl (C=O) groups is 2. The highest BCUT2D eigenvalue weighted by atomic mass is 35.5. The van der Waals surface area contributed by atoms with Crippen LogP contribution in [0.15, 0.2) is 40.8 Å². The van der Waals surface area contributed by atoms with Crippen LogP contribution in [0.25, 0.3) is 11.3 Å². The van der Waals surface area contributed by atoms with Gasteiger partial charge in [-0.15, -0.1) is 0 Å². The molecule has 0 radical (unpaired) electrons. The van der Waals surface area contributed by atoms with Crippen molar-refractivity contribution in [2.24, 2.45) is 0 Å². The molecule has 9 heteroatoms. The summed E-state index contributed by atoms with van der Waals surface area (Å²) >= 11 is 6.10. The van der Waals surface area contributed by atoms with Crippen molar-refractivity contribution in [3.8, 4) is 11.3 Å². The predicted octanol–water partition coefficient (Wildman–Crippen LogP) is 2.45. The van der Waals surface area contributed by atoms with Crippen LogP contribution >= 0.6 is 11.6 Å². The molecule has 1 aromatic carbocycles. The van der Waals surface area contributed by atoms with Gasteiger partial charge in [0.1, 0.15) is 5.76 Å². The number of sulfone groups is 1. The van der Waals surface area contributed by atoms with Crippen molar-refractivity contribution in [2.75, 3.05) is 11.5 Å². The number of esters is 1. The fraction of sp³-hybridized carbons (Fsp3) is 0.333. The van der Waals surface area contributed by atoms with E-state index in [1.165, 1.54) is 13.0 Å². The quantitative estimate of drug-likeness (QED) is 0.758. The maximum absolute atomic E-state index is 12.2. The van der Waals surface area contributed by atoms with Gasteiger partial charge in [-0.05, 0) is 37.6 Å². The summed E-state index contributed by atoms with van der Waals surface area (Å²) < 4.78 is 33.5. The second kappa shape index (κ2) is 7.74. The maximum Gasteiger partial charge on any atom is 0.375 e.